The van der Waals surface area contributed by atoms with Gasteiger partial charge in [-0.3, -0.25) is 0 Å². The monoisotopic (exact) mass is 247 g/mol. The lowest BCUT2D eigenvalue weighted by Gasteiger charge is -2.22. The smallest absolute Gasteiger partial charge is 0.115 e. The quantitative estimate of drug-likeness (QED) is 0.791. The molecule has 1 aromatic heterocycles. The molecule has 17 heavy (non-hydrogen) atoms. The maximum absolute atomic E-state index is 9.26. The van der Waals surface area contributed by atoms with Crippen LogP contribution in [0.5, 0.6) is 5.75 Å². The van der Waals surface area contributed by atoms with Crippen LogP contribution in [0.25, 0.3) is 0 Å². The van der Waals surface area contributed by atoms with Crippen LogP contribution in [0.15, 0.2) is 41.8 Å². The molecule has 1 atom stereocenters. The van der Waals surface area contributed by atoms with Crippen molar-refractivity contribution < 1.29 is 5.11 Å². The summed E-state index contributed by atoms with van der Waals surface area (Å²) in [4.78, 5) is 1.34. The molecule has 2 N–H and O–H groups in total. The summed E-state index contributed by atoms with van der Waals surface area (Å²) in [5.41, 5.74) is 1.04. The summed E-state index contributed by atoms with van der Waals surface area (Å²) in [5, 5.41) is 14.9. The van der Waals surface area contributed by atoms with Crippen LogP contribution in [0.2, 0.25) is 0 Å². The molecule has 0 bridgehead atoms. The second-order valence-electron chi connectivity index (χ2n) is 4.43. The van der Waals surface area contributed by atoms with Gasteiger partial charge in [-0.05, 0) is 41.6 Å². The van der Waals surface area contributed by atoms with Gasteiger partial charge in [0.25, 0.3) is 0 Å². The molecule has 90 valence electrons. The van der Waals surface area contributed by atoms with Gasteiger partial charge in [-0.25, -0.2) is 0 Å². The molecular weight excluding hydrogens is 230 g/mol. The predicted molar refractivity (Wildman–Crippen MR) is 73.6 cm³/mol. The number of aromatic hydroxyl groups is 1. The van der Waals surface area contributed by atoms with Gasteiger partial charge in [-0.15, -0.1) is 11.3 Å². The van der Waals surface area contributed by atoms with Crippen LogP contribution < -0.4 is 5.32 Å². The second-order valence-corrected chi connectivity index (χ2v) is 5.41. The summed E-state index contributed by atoms with van der Waals surface area (Å²) in [5.74, 6) is 0.815. The molecule has 0 saturated heterocycles. The Kier molecular flexibility index (Phi) is 3.69. The van der Waals surface area contributed by atoms with Crippen LogP contribution in [-0.4, -0.2) is 5.11 Å². The average molecular weight is 247 g/mol. The number of anilines is 1. The zero-order chi connectivity index (χ0) is 12.3. The lowest BCUT2D eigenvalue weighted by atomic mass is 10.0. The van der Waals surface area contributed by atoms with Gasteiger partial charge >= 0.3 is 0 Å². The zero-order valence-corrected chi connectivity index (χ0v) is 10.9. The Labute approximate surface area is 106 Å². The summed E-state index contributed by atoms with van der Waals surface area (Å²) >= 11 is 1.77. The van der Waals surface area contributed by atoms with Crippen molar-refractivity contribution in [2.45, 2.75) is 19.9 Å². The van der Waals surface area contributed by atoms with Gasteiger partial charge in [0.05, 0.1) is 6.04 Å². The first kappa shape index (κ1) is 12.0. The largest absolute Gasteiger partial charge is 0.508 e. The Morgan fingerprint density at radius 2 is 1.82 bits per heavy atom. The van der Waals surface area contributed by atoms with Crippen LogP contribution in [-0.2, 0) is 0 Å². The van der Waals surface area contributed by atoms with Gasteiger partial charge in [0.2, 0.25) is 0 Å². The van der Waals surface area contributed by atoms with Gasteiger partial charge < -0.3 is 10.4 Å². The summed E-state index contributed by atoms with van der Waals surface area (Å²) in [6.45, 7) is 4.41. The molecule has 0 saturated carbocycles. The lowest BCUT2D eigenvalue weighted by Crippen LogP contribution is -2.15. The molecule has 0 aliphatic rings. The van der Waals surface area contributed by atoms with Crippen LogP contribution in [0.4, 0.5) is 5.69 Å². The number of rotatable bonds is 4. The van der Waals surface area contributed by atoms with Gasteiger partial charge in [-0.1, -0.05) is 19.9 Å². The van der Waals surface area contributed by atoms with E-state index < -0.39 is 0 Å². The van der Waals surface area contributed by atoms with E-state index in [-0.39, 0.29) is 0 Å². The molecule has 1 aromatic carbocycles. The highest BCUT2D eigenvalue weighted by Gasteiger charge is 2.16. The first-order chi connectivity index (χ1) is 8.16. The number of benzene rings is 1. The second kappa shape index (κ2) is 5.23. The summed E-state index contributed by atoms with van der Waals surface area (Å²) in [6.07, 6.45) is 0. The van der Waals surface area contributed by atoms with E-state index in [4.69, 9.17) is 0 Å². The molecule has 0 aliphatic heterocycles. The van der Waals surface area contributed by atoms with Gasteiger partial charge in [0, 0.05) is 10.6 Å². The van der Waals surface area contributed by atoms with Crippen molar-refractivity contribution >= 4 is 17.0 Å². The summed E-state index contributed by atoms with van der Waals surface area (Å²) < 4.78 is 0. The highest BCUT2D eigenvalue weighted by Crippen LogP contribution is 2.30. The molecule has 3 heteroatoms. The van der Waals surface area contributed by atoms with Crippen molar-refractivity contribution in [1.29, 1.82) is 0 Å². The first-order valence-corrected chi connectivity index (χ1v) is 6.64. The summed E-state index contributed by atoms with van der Waals surface area (Å²) in [6, 6.07) is 11.8. The van der Waals surface area contributed by atoms with Gasteiger partial charge in [-0.2, -0.15) is 0 Å². The Hall–Kier alpha value is -1.48. The minimum Gasteiger partial charge on any atom is -0.508 e. The Bertz CT molecular complexity index is 448. The minimum absolute atomic E-state index is 0.299. The number of nitrogens with one attached hydrogen (secondary N) is 1. The number of phenols is 1. The fourth-order valence-electron chi connectivity index (χ4n) is 1.77. The maximum Gasteiger partial charge on any atom is 0.115 e. The third kappa shape index (κ3) is 3.01. The number of hydrogen-bond acceptors (Lipinski definition) is 3. The van der Waals surface area contributed by atoms with Gasteiger partial charge in [0.15, 0.2) is 0 Å². The molecule has 1 unspecified atom stereocenters. The highest BCUT2D eigenvalue weighted by atomic mass is 32.1. The third-order valence-corrected chi connectivity index (χ3v) is 3.66. The highest BCUT2D eigenvalue weighted by molar-refractivity contribution is 7.10. The van der Waals surface area contributed by atoms with Crippen molar-refractivity contribution in [2.24, 2.45) is 5.92 Å². The Balaban J connectivity index is 2.16. The number of phenolic OH excluding ortho intramolecular Hbond substituents is 1. The van der Waals surface area contributed by atoms with E-state index >= 15 is 0 Å². The van der Waals surface area contributed by atoms with Crippen LogP contribution in [0.3, 0.4) is 0 Å². The molecule has 0 fully saturated rings. The number of hydrogen-bond donors (Lipinski definition) is 2. The fourth-order valence-corrected chi connectivity index (χ4v) is 2.72. The van der Waals surface area contributed by atoms with Crippen molar-refractivity contribution in [3.05, 3.63) is 46.7 Å². The third-order valence-electron chi connectivity index (χ3n) is 2.71. The van der Waals surface area contributed by atoms with Crippen molar-refractivity contribution in [3.8, 4) is 5.75 Å². The average Bonchev–Trinajstić information content (AvgIpc) is 2.81. The molecule has 0 radical (unpaired) electrons. The first-order valence-electron chi connectivity index (χ1n) is 5.76. The van der Waals surface area contributed by atoms with Gasteiger partial charge in [0.1, 0.15) is 5.75 Å². The van der Waals surface area contributed by atoms with Crippen LogP contribution >= 0.6 is 11.3 Å². The molecule has 2 nitrogen and oxygen atoms in total. The lowest BCUT2D eigenvalue weighted by molar-refractivity contribution is 0.475. The fraction of sp³-hybridized carbons (Fsp3) is 0.286. The predicted octanol–water partition coefficient (Wildman–Crippen LogP) is 4.26. The normalized spacial score (nSPS) is 12.6. The SMILES string of the molecule is CC(C)C(Nc1ccc(O)cc1)c1cccs1. The van der Waals surface area contributed by atoms with Crippen LogP contribution in [0, 0.1) is 5.92 Å². The van der Waals surface area contributed by atoms with Crippen molar-refractivity contribution in [2.75, 3.05) is 5.32 Å². The Morgan fingerprint density at radius 3 is 2.35 bits per heavy atom. The molecule has 0 amide bonds. The topological polar surface area (TPSA) is 32.3 Å². The number of thiophene rings is 1. The summed E-state index contributed by atoms with van der Waals surface area (Å²) in [7, 11) is 0. The standard InChI is InChI=1S/C14H17NOS/c1-10(2)14(13-4-3-9-17-13)15-11-5-7-12(16)8-6-11/h3-10,14-16H,1-2H3. The van der Waals surface area contributed by atoms with Crippen molar-refractivity contribution in [3.63, 3.8) is 0 Å². The Morgan fingerprint density at radius 1 is 1.12 bits per heavy atom. The van der Waals surface area contributed by atoms with E-state index in [1.54, 1.807) is 23.5 Å². The molecule has 2 aromatic rings. The molecule has 1 heterocycles. The minimum atomic E-state index is 0.299. The van der Waals surface area contributed by atoms with E-state index in [0.717, 1.165) is 5.69 Å². The molecule has 0 aliphatic carbocycles. The van der Waals surface area contributed by atoms with Crippen molar-refractivity contribution in [1.82, 2.24) is 0 Å². The molecule has 2 rings (SSSR count). The maximum atomic E-state index is 9.26. The van der Waals surface area contributed by atoms with E-state index in [0.29, 0.717) is 17.7 Å². The van der Waals surface area contributed by atoms with Crippen LogP contribution in [0.1, 0.15) is 24.8 Å². The molecule has 0 spiro atoms. The molecular formula is C14H17NOS. The zero-order valence-electron chi connectivity index (χ0n) is 10.1. The van der Waals surface area contributed by atoms with E-state index in [2.05, 4.69) is 36.7 Å². The van der Waals surface area contributed by atoms with E-state index in [1.807, 2.05) is 12.1 Å². The van der Waals surface area contributed by atoms with E-state index in [1.165, 1.54) is 4.88 Å². The van der Waals surface area contributed by atoms with E-state index in [9.17, 15) is 5.11 Å².